The molecule has 2 rings (SSSR count). The SMILES string of the molecule is CN(CCN)C1CCN(Cc2cccnc2)C1. The van der Waals surface area contributed by atoms with Gasteiger partial charge in [-0.05, 0) is 25.1 Å². The fraction of sp³-hybridized carbons (Fsp3) is 0.615. The molecule has 0 radical (unpaired) electrons. The Morgan fingerprint density at radius 3 is 3.18 bits per heavy atom. The van der Waals surface area contributed by atoms with E-state index in [2.05, 4.69) is 27.9 Å². The van der Waals surface area contributed by atoms with Crippen LogP contribution < -0.4 is 5.73 Å². The molecule has 0 amide bonds. The van der Waals surface area contributed by atoms with Gasteiger partial charge in [0.15, 0.2) is 0 Å². The van der Waals surface area contributed by atoms with Gasteiger partial charge < -0.3 is 10.6 Å². The van der Waals surface area contributed by atoms with Crippen molar-refractivity contribution in [3.8, 4) is 0 Å². The van der Waals surface area contributed by atoms with E-state index >= 15 is 0 Å². The third-order valence-electron chi connectivity index (χ3n) is 3.48. The summed E-state index contributed by atoms with van der Waals surface area (Å²) in [4.78, 5) is 9.03. The van der Waals surface area contributed by atoms with Gasteiger partial charge in [0, 0.05) is 51.2 Å². The summed E-state index contributed by atoms with van der Waals surface area (Å²) in [6.45, 7) is 5.07. The van der Waals surface area contributed by atoms with Crippen LogP contribution in [0.4, 0.5) is 0 Å². The highest BCUT2D eigenvalue weighted by Crippen LogP contribution is 2.16. The van der Waals surface area contributed by atoms with E-state index in [9.17, 15) is 0 Å². The lowest BCUT2D eigenvalue weighted by Gasteiger charge is -2.24. The van der Waals surface area contributed by atoms with Gasteiger partial charge in [0.05, 0.1) is 0 Å². The number of hydrogen-bond acceptors (Lipinski definition) is 4. The Balaban J connectivity index is 1.82. The molecule has 0 spiro atoms. The fourth-order valence-electron chi connectivity index (χ4n) is 2.45. The monoisotopic (exact) mass is 234 g/mol. The summed E-state index contributed by atoms with van der Waals surface area (Å²) in [5.41, 5.74) is 6.89. The molecule has 2 N–H and O–H groups in total. The minimum Gasteiger partial charge on any atom is -0.329 e. The first kappa shape index (κ1) is 12.5. The number of rotatable bonds is 5. The smallest absolute Gasteiger partial charge is 0.0312 e. The van der Waals surface area contributed by atoms with Crippen LogP contribution in [0.3, 0.4) is 0 Å². The minimum atomic E-state index is 0.662. The van der Waals surface area contributed by atoms with Crippen LogP contribution in [-0.4, -0.2) is 54.1 Å². The van der Waals surface area contributed by atoms with Crippen molar-refractivity contribution in [2.24, 2.45) is 5.73 Å². The molecule has 1 atom stereocenters. The van der Waals surface area contributed by atoms with Gasteiger partial charge in [0.1, 0.15) is 0 Å². The fourth-order valence-corrected chi connectivity index (χ4v) is 2.45. The van der Waals surface area contributed by atoms with E-state index in [1.807, 2.05) is 18.5 Å². The minimum absolute atomic E-state index is 0.662. The molecule has 1 aliphatic rings. The van der Waals surface area contributed by atoms with Crippen molar-refractivity contribution in [1.29, 1.82) is 0 Å². The summed E-state index contributed by atoms with van der Waals surface area (Å²) in [5, 5.41) is 0. The van der Waals surface area contributed by atoms with Crippen LogP contribution in [0.25, 0.3) is 0 Å². The molecule has 1 aromatic heterocycles. The van der Waals surface area contributed by atoms with E-state index in [0.717, 1.165) is 26.2 Å². The maximum absolute atomic E-state index is 5.59. The molecule has 1 unspecified atom stereocenters. The lowest BCUT2D eigenvalue weighted by molar-refractivity contribution is 0.234. The lowest BCUT2D eigenvalue weighted by Crippen LogP contribution is -2.37. The molecule has 2 heterocycles. The Morgan fingerprint density at radius 2 is 2.47 bits per heavy atom. The van der Waals surface area contributed by atoms with Gasteiger partial charge in [-0.3, -0.25) is 9.88 Å². The van der Waals surface area contributed by atoms with Crippen LogP contribution in [0.1, 0.15) is 12.0 Å². The Kier molecular flexibility index (Phi) is 4.48. The summed E-state index contributed by atoms with van der Waals surface area (Å²) in [6, 6.07) is 4.81. The van der Waals surface area contributed by atoms with Gasteiger partial charge in [-0.2, -0.15) is 0 Å². The molecule has 1 saturated heterocycles. The molecule has 0 bridgehead atoms. The molecule has 17 heavy (non-hydrogen) atoms. The number of likely N-dealkylation sites (tertiary alicyclic amines) is 1. The van der Waals surface area contributed by atoms with Crippen LogP contribution in [-0.2, 0) is 6.54 Å². The number of aromatic nitrogens is 1. The van der Waals surface area contributed by atoms with Gasteiger partial charge in [-0.25, -0.2) is 0 Å². The first-order chi connectivity index (χ1) is 8.29. The summed E-state index contributed by atoms with van der Waals surface area (Å²) in [7, 11) is 2.17. The number of hydrogen-bond donors (Lipinski definition) is 1. The van der Waals surface area contributed by atoms with Crippen molar-refractivity contribution in [2.75, 3.05) is 33.2 Å². The maximum Gasteiger partial charge on any atom is 0.0312 e. The molecule has 1 fully saturated rings. The number of likely N-dealkylation sites (N-methyl/N-ethyl adjacent to an activating group) is 1. The highest BCUT2D eigenvalue weighted by atomic mass is 15.2. The topological polar surface area (TPSA) is 45.4 Å². The van der Waals surface area contributed by atoms with Crippen LogP contribution >= 0.6 is 0 Å². The first-order valence-electron chi connectivity index (χ1n) is 6.31. The molecule has 94 valence electrons. The van der Waals surface area contributed by atoms with Crippen molar-refractivity contribution < 1.29 is 0 Å². The molecule has 0 saturated carbocycles. The normalized spacial score (nSPS) is 21.2. The predicted molar refractivity (Wildman–Crippen MR) is 69.6 cm³/mol. The van der Waals surface area contributed by atoms with Crippen molar-refractivity contribution in [3.63, 3.8) is 0 Å². The summed E-state index contributed by atoms with van der Waals surface area (Å²) in [5.74, 6) is 0. The predicted octanol–water partition coefficient (Wildman–Crippen LogP) is 0.546. The highest BCUT2D eigenvalue weighted by Gasteiger charge is 2.24. The van der Waals surface area contributed by atoms with Crippen molar-refractivity contribution in [1.82, 2.24) is 14.8 Å². The second kappa shape index (κ2) is 6.10. The van der Waals surface area contributed by atoms with Crippen molar-refractivity contribution in [2.45, 2.75) is 19.0 Å². The van der Waals surface area contributed by atoms with E-state index in [0.29, 0.717) is 6.04 Å². The zero-order chi connectivity index (χ0) is 12.1. The second-order valence-electron chi connectivity index (χ2n) is 4.81. The average Bonchev–Trinajstić information content (AvgIpc) is 2.79. The second-order valence-corrected chi connectivity index (χ2v) is 4.81. The van der Waals surface area contributed by atoms with Crippen LogP contribution in [0.5, 0.6) is 0 Å². The van der Waals surface area contributed by atoms with Gasteiger partial charge >= 0.3 is 0 Å². The molecule has 4 heteroatoms. The average molecular weight is 234 g/mol. The third-order valence-corrected chi connectivity index (χ3v) is 3.48. The van der Waals surface area contributed by atoms with Gasteiger partial charge in [0.25, 0.3) is 0 Å². The van der Waals surface area contributed by atoms with E-state index in [1.54, 1.807) is 0 Å². The number of nitrogens with two attached hydrogens (primary N) is 1. The Labute approximate surface area is 103 Å². The quantitative estimate of drug-likeness (QED) is 0.808. The first-order valence-corrected chi connectivity index (χ1v) is 6.31. The Morgan fingerprint density at radius 1 is 1.59 bits per heavy atom. The van der Waals surface area contributed by atoms with E-state index in [-0.39, 0.29) is 0 Å². The molecule has 4 nitrogen and oxygen atoms in total. The van der Waals surface area contributed by atoms with Crippen molar-refractivity contribution >= 4 is 0 Å². The lowest BCUT2D eigenvalue weighted by atomic mass is 10.2. The van der Waals surface area contributed by atoms with Gasteiger partial charge in [-0.1, -0.05) is 6.07 Å². The van der Waals surface area contributed by atoms with E-state index in [4.69, 9.17) is 5.73 Å². The molecular formula is C13H22N4. The standard InChI is InChI=1S/C13H22N4/c1-16(8-5-14)13-4-7-17(11-13)10-12-3-2-6-15-9-12/h2-3,6,9,13H,4-5,7-8,10-11,14H2,1H3. The Hall–Kier alpha value is -0.970. The Bertz CT molecular complexity index is 327. The largest absolute Gasteiger partial charge is 0.329 e. The summed E-state index contributed by atoms with van der Waals surface area (Å²) < 4.78 is 0. The molecule has 1 aliphatic heterocycles. The zero-order valence-corrected chi connectivity index (χ0v) is 10.5. The number of nitrogens with zero attached hydrogens (tertiary/aromatic N) is 3. The molecular weight excluding hydrogens is 212 g/mol. The van der Waals surface area contributed by atoms with Gasteiger partial charge in [0.2, 0.25) is 0 Å². The van der Waals surface area contributed by atoms with Crippen molar-refractivity contribution in [3.05, 3.63) is 30.1 Å². The molecule has 1 aromatic rings. The van der Waals surface area contributed by atoms with Crippen LogP contribution in [0, 0.1) is 0 Å². The van der Waals surface area contributed by atoms with Crippen LogP contribution in [0.2, 0.25) is 0 Å². The highest BCUT2D eigenvalue weighted by molar-refractivity contribution is 5.08. The third kappa shape index (κ3) is 3.49. The zero-order valence-electron chi connectivity index (χ0n) is 10.5. The molecule has 0 aromatic carbocycles. The van der Waals surface area contributed by atoms with Crippen LogP contribution in [0.15, 0.2) is 24.5 Å². The van der Waals surface area contributed by atoms with E-state index < -0.39 is 0 Å². The van der Waals surface area contributed by atoms with E-state index in [1.165, 1.54) is 18.5 Å². The maximum atomic E-state index is 5.59. The van der Waals surface area contributed by atoms with Gasteiger partial charge in [-0.15, -0.1) is 0 Å². The summed E-state index contributed by atoms with van der Waals surface area (Å²) >= 11 is 0. The summed E-state index contributed by atoms with van der Waals surface area (Å²) in [6.07, 6.45) is 5.03. The molecule has 0 aliphatic carbocycles. The number of pyridine rings is 1.